The quantitative estimate of drug-likeness (QED) is 0.602. The van der Waals surface area contributed by atoms with Crippen LogP contribution in [0.3, 0.4) is 0 Å². The molecule has 1 saturated heterocycles. The molecule has 32 heavy (non-hydrogen) atoms. The van der Waals surface area contributed by atoms with Gasteiger partial charge in [0, 0.05) is 16.7 Å². The molecule has 4 fully saturated rings. The maximum atomic E-state index is 13.2. The first-order valence-electron chi connectivity index (χ1n) is 11.9. The number of aliphatic hydroxyl groups is 3. The molecule has 0 aromatic heterocycles. The lowest BCUT2D eigenvalue weighted by molar-refractivity contribution is -0.203. The molecule has 7 heteroatoms. The Hall–Kier alpha value is -1.38. The summed E-state index contributed by atoms with van der Waals surface area (Å²) in [6, 6.07) is 0. The van der Waals surface area contributed by atoms with Crippen LogP contribution in [0.2, 0.25) is 0 Å². The van der Waals surface area contributed by atoms with Crippen molar-refractivity contribution in [3.63, 3.8) is 0 Å². The number of rotatable bonds is 4. The maximum absolute atomic E-state index is 13.2. The van der Waals surface area contributed by atoms with E-state index in [0.29, 0.717) is 31.3 Å². The second-order valence-corrected chi connectivity index (χ2v) is 10.9. The van der Waals surface area contributed by atoms with E-state index in [2.05, 4.69) is 0 Å². The number of hydrogen-bond donors (Lipinski definition) is 3. The summed E-state index contributed by atoms with van der Waals surface area (Å²) in [4.78, 5) is 25.3. The SMILES string of the molecule is CCC[C@H]1O[C@H]2C[C@@H]3[C@@H]4C[C@@H](O)C5=CC(=O)C=C[C@]5(C)[C@@H]4[C@@H](O)C[C@]3(C)[C@@]2(C(=O)CO)O1. The molecule has 4 aliphatic carbocycles. The molecule has 0 radical (unpaired) electrons. The Kier molecular flexibility index (Phi) is 5.12. The van der Waals surface area contributed by atoms with Gasteiger partial charge in [-0.2, -0.15) is 0 Å². The van der Waals surface area contributed by atoms with Gasteiger partial charge in [0.25, 0.3) is 0 Å². The molecular weight excluding hydrogens is 412 g/mol. The lowest BCUT2D eigenvalue weighted by Gasteiger charge is -2.60. The number of allylic oxidation sites excluding steroid dienone is 3. The van der Waals surface area contributed by atoms with Crippen molar-refractivity contribution in [2.45, 2.75) is 83.1 Å². The van der Waals surface area contributed by atoms with Crippen LogP contribution in [-0.4, -0.2) is 63.7 Å². The van der Waals surface area contributed by atoms with Crippen molar-refractivity contribution < 1.29 is 34.4 Å². The molecule has 0 unspecified atom stereocenters. The second kappa shape index (κ2) is 7.31. The maximum Gasteiger partial charge on any atom is 0.193 e. The van der Waals surface area contributed by atoms with E-state index in [1.54, 1.807) is 0 Å². The van der Waals surface area contributed by atoms with Crippen molar-refractivity contribution in [3.8, 4) is 0 Å². The molecule has 0 bridgehead atoms. The van der Waals surface area contributed by atoms with Crippen LogP contribution >= 0.6 is 0 Å². The highest BCUT2D eigenvalue weighted by atomic mass is 16.7. The third-order valence-corrected chi connectivity index (χ3v) is 9.39. The summed E-state index contributed by atoms with van der Waals surface area (Å²) in [7, 11) is 0. The summed E-state index contributed by atoms with van der Waals surface area (Å²) >= 11 is 0. The van der Waals surface area contributed by atoms with Crippen LogP contribution in [0.5, 0.6) is 0 Å². The zero-order valence-corrected chi connectivity index (χ0v) is 19.0. The summed E-state index contributed by atoms with van der Waals surface area (Å²) in [6.07, 6.45) is 5.21. The van der Waals surface area contributed by atoms with Gasteiger partial charge in [-0.05, 0) is 55.2 Å². The van der Waals surface area contributed by atoms with Gasteiger partial charge in [-0.15, -0.1) is 0 Å². The first-order valence-corrected chi connectivity index (χ1v) is 11.9. The molecule has 0 spiro atoms. The van der Waals surface area contributed by atoms with Crippen LogP contribution in [0.25, 0.3) is 0 Å². The Labute approximate surface area is 188 Å². The summed E-state index contributed by atoms with van der Waals surface area (Å²) in [5.74, 6) is -0.825. The van der Waals surface area contributed by atoms with Gasteiger partial charge < -0.3 is 24.8 Å². The third kappa shape index (κ3) is 2.66. The summed E-state index contributed by atoms with van der Waals surface area (Å²) < 4.78 is 12.6. The van der Waals surface area contributed by atoms with Crippen LogP contribution in [0, 0.1) is 28.6 Å². The van der Waals surface area contributed by atoms with E-state index in [9.17, 15) is 24.9 Å². The van der Waals surface area contributed by atoms with Gasteiger partial charge in [-0.25, -0.2) is 0 Å². The van der Waals surface area contributed by atoms with Gasteiger partial charge in [-0.3, -0.25) is 9.59 Å². The van der Waals surface area contributed by atoms with Crippen LogP contribution in [0.15, 0.2) is 23.8 Å². The van der Waals surface area contributed by atoms with Crippen molar-refractivity contribution in [3.05, 3.63) is 23.8 Å². The van der Waals surface area contributed by atoms with E-state index >= 15 is 0 Å². The summed E-state index contributed by atoms with van der Waals surface area (Å²) in [5.41, 5.74) is -1.98. The standard InChI is InChI=1S/C25H34O7/c1-4-5-21-31-20-10-15-14-9-17(28)16-8-13(27)6-7-23(16,2)22(14)18(29)11-24(15,3)25(20,32-21)19(30)12-26/h6-8,14-15,17-18,20-22,26,28-29H,4-5,9-12H2,1-3H3/t14-,15+,17+,18-,20-,21-,22-,23-,24-,25-/m0/s1. The molecule has 3 N–H and O–H groups in total. The lowest BCUT2D eigenvalue weighted by atomic mass is 9.45. The average molecular weight is 447 g/mol. The Bertz CT molecular complexity index is 895. The van der Waals surface area contributed by atoms with E-state index in [1.165, 1.54) is 12.2 Å². The van der Waals surface area contributed by atoms with Crippen LogP contribution in [0.1, 0.15) is 52.9 Å². The first kappa shape index (κ1) is 22.4. The highest BCUT2D eigenvalue weighted by molar-refractivity contribution is 6.01. The number of hydrogen-bond acceptors (Lipinski definition) is 7. The van der Waals surface area contributed by atoms with Crippen molar-refractivity contribution in [1.29, 1.82) is 0 Å². The minimum atomic E-state index is -1.29. The molecule has 5 aliphatic rings. The molecule has 0 aromatic carbocycles. The van der Waals surface area contributed by atoms with Gasteiger partial charge in [-0.1, -0.05) is 33.3 Å². The number of aliphatic hydroxyl groups excluding tert-OH is 3. The Morgan fingerprint density at radius 2 is 2.00 bits per heavy atom. The number of ketones is 2. The third-order valence-electron chi connectivity index (χ3n) is 9.39. The van der Waals surface area contributed by atoms with Gasteiger partial charge >= 0.3 is 0 Å². The Morgan fingerprint density at radius 1 is 1.25 bits per heavy atom. The Balaban J connectivity index is 1.58. The van der Waals surface area contributed by atoms with Gasteiger partial charge in [0.1, 0.15) is 6.61 Å². The number of Topliss-reactive ketones (excluding diaryl/α,β-unsaturated/α-hetero) is 1. The first-order chi connectivity index (χ1) is 15.1. The fraction of sp³-hybridized carbons (Fsp3) is 0.760. The van der Waals surface area contributed by atoms with Crippen molar-refractivity contribution in [2.75, 3.05) is 6.61 Å². The van der Waals surface area contributed by atoms with Crippen molar-refractivity contribution in [1.82, 2.24) is 0 Å². The topological polar surface area (TPSA) is 113 Å². The van der Waals surface area contributed by atoms with Crippen LogP contribution < -0.4 is 0 Å². The predicted molar refractivity (Wildman–Crippen MR) is 114 cm³/mol. The zero-order chi connectivity index (χ0) is 23.1. The molecule has 3 saturated carbocycles. The Morgan fingerprint density at radius 3 is 2.69 bits per heavy atom. The van der Waals surface area contributed by atoms with E-state index in [4.69, 9.17) is 9.47 Å². The van der Waals surface area contributed by atoms with E-state index < -0.39 is 47.6 Å². The van der Waals surface area contributed by atoms with Crippen molar-refractivity contribution in [2.24, 2.45) is 28.6 Å². The predicted octanol–water partition coefficient (Wildman–Crippen LogP) is 1.69. The lowest BCUT2D eigenvalue weighted by Crippen LogP contribution is -2.64. The number of fused-ring (bicyclic) bond motifs is 7. The molecule has 176 valence electrons. The number of carbonyl (C=O) groups is 2. The molecular formula is C25H34O7. The second-order valence-electron chi connectivity index (χ2n) is 10.9. The van der Waals surface area contributed by atoms with Crippen LogP contribution in [0.4, 0.5) is 0 Å². The van der Waals surface area contributed by atoms with E-state index in [-0.39, 0.29) is 29.3 Å². The average Bonchev–Trinajstić information content (AvgIpc) is 3.21. The zero-order valence-electron chi connectivity index (χ0n) is 19.0. The largest absolute Gasteiger partial charge is 0.393 e. The fourth-order valence-corrected chi connectivity index (χ4v) is 8.18. The van der Waals surface area contributed by atoms with E-state index in [1.807, 2.05) is 26.8 Å². The fourth-order valence-electron chi connectivity index (χ4n) is 8.18. The van der Waals surface area contributed by atoms with E-state index in [0.717, 1.165) is 6.42 Å². The van der Waals surface area contributed by atoms with Crippen LogP contribution in [-0.2, 0) is 19.1 Å². The van der Waals surface area contributed by atoms with Crippen molar-refractivity contribution >= 4 is 11.6 Å². The molecule has 0 aromatic rings. The highest BCUT2D eigenvalue weighted by Crippen LogP contribution is 2.69. The molecule has 10 atom stereocenters. The minimum absolute atomic E-state index is 0.0296. The van der Waals surface area contributed by atoms with Gasteiger partial charge in [0.05, 0.1) is 18.3 Å². The smallest absolute Gasteiger partial charge is 0.193 e. The monoisotopic (exact) mass is 446 g/mol. The normalized spacial score (nSPS) is 51.5. The highest BCUT2D eigenvalue weighted by Gasteiger charge is 2.76. The number of ether oxygens (including phenoxy) is 2. The molecule has 1 aliphatic heterocycles. The number of carbonyl (C=O) groups excluding carboxylic acids is 2. The molecule has 5 rings (SSSR count). The summed E-state index contributed by atoms with van der Waals surface area (Å²) in [5, 5.41) is 32.5. The van der Waals surface area contributed by atoms with Gasteiger partial charge in [0.2, 0.25) is 0 Å². The molecule has 1 heterocycles. The van der Waals surface area contributed by atoms with Gasteiger partial charge in [0.15, 0.2) is 23.5 Å². The minimum Gasteiger partial charge on any atom is -0.393 e. The molecule has 7 nitrogen and oxygen atoms in total. The molecule has 0 amide bonds. The summed E-state index contributed by atoms with van der Waals surface area (Å²) in [6.45, 7) is 5.37.